The SMILES string of the molecule is CCCN(CC)CCNS(=O)(=O)c1cc(Br)cnc1NN. The third kappa shape index (κ3) is 5.51. The number of aromatic nitrogens is 1. The molecule has 0 radical (unpaired) electrons. The molecule has 120 valence electrons. The van der Waals surface area contributed by atoms with Gasteiger partial charge < -0.3 is 10.3 Å². The molecule has 0 atom stereocenters. The van der Waals surface area contributed by atoms with Gasteiger partial charge in [-0.25, -0.2) is 24.0 Å². The number of likely N-dealkylation sites (N-methyl/N-ethyl adjacent to an activating group) is 1. The number of anilines is 1. The maximum atomic E-state index is 12.3. The first-order valence-corrected chi connectivity index (χ1v) is 9.06. The molecule has 0 aliphatic heterocycles. The summed E-state index contributed by atoms with van der Waals surface area (Å²) in [6.07, 6.45) is 2.52. The van der Waals surface area contributed by atoms with E-state index in [0.717, 1.165) is 19.5 Å². The van der Waals surface area contributed by atoms with E-state index in [2.05, 4.69) is 49.8 Å². The topological polar surface area (TPSA) is 100 Å². The van der Waals surface area contributed by atoms with Crippen molar-refractivity contribution in [2.75, 3.05) is 31.6 Å². The summed E-state index contributed by atoms with van der Waals surface area (Å²) in [5, 5.41) is 0. The zero-order valence-corrected chi connectivity index (χ0v) is 14.7. The summed E-state index contributed by atoms with van der Waals surface area (Å²) in [6, 6.07) is 1.47. The lowest BCUT2D eigenvalue weighted by molar-refractivity contribution is 0.293. The zero-order valence-electron chi connectivity index (χ0n) is 12.3. The minimum Gasteiger partial charge on any atom is -0.307 e. The first kappa shape index (κ1) is 18.3. The number of nitrogens with one attached hydrogen (secondary N) is 2. The Labute approximate surface area is 134 Å². The summed E-state index contributed by atoms with van der Waals surface area (Å²) in [6.45, 7) is 7.00. The molecule has 0 fully saturated rings. The van der Waals surface area contributed by atoms with Gasteiger partial charge in [-0.1, -0.05) is 13.8 Å². The molecular formula is C12H22BrN5O2S. The van der Waals surface area contributed by atoms with Crippen LogP contribution >= 0.6 is 15.9 Å². The second-order valence-corrected chi connectivity index (χ2v) is 7.13. The van der Waals surface area contributed by atoms with Gasteiger partial charge in [0.1, 0.15) is 4.90 Å². The fraction of sp³-hybridized carbons (Fsp3) is 0.583. The molecule has 1 rings (SSSR count). The molecule has 0 aliphatic carbocycles. The Bertz CT molecular complexity index is 553. The van der Waals surface area contributed by atoms with Crippen molar-refractivity contribution < 1.29 is 8.42 Å². The highest BCUT2D eigenvalue weighted by Crippen LogP contribution is 2.21. The lowest BCUT2D eigenvalue weighted by atomic mass is 10.4. The van der Waals surface area contributed by atoms with Gasteiger partial charge in [-0.05, 0) is 41.5 Å². The molecule has 0 saturated carbocycles. The van der Waals surface area contributed by atoms with E-state index in [1.807, 2.05) is 0 Å². The summed E-state index contributed by atoms with van der Waals surface area (Å²) >= 11 is 3.21. The van der Waals surface area contributed by atoms with E-state index < -0.39 is 10.0 Å². The Kier molecular flexibility index (Phi) is 7.53. The second-order valence-electron chi connectivity index (χ2n) is 4.48. The van der Waals surface area contributed by atoms with Gasteiger partial charge in [-0.15, -0.1) is 0 Å². The highest BCUT2D eigenvalue weighted by molar-refractivity contribution is 9.10. The van der Waals surface area contributed by atoms with Crippen LogP contribution in [0.4, 0.5) is 5.82 Å². The van der Waals surface area contributed by atoms with Crippen LogP contribution in [0, 0.1) is 0 Å². The summed E-state index contributed by atoms with van der Waals surface area (Å²) in [7, 11) is -3.66. The van der Waals surface area contributed by atoms with Gasteiger partial charge in [0, 0.05) is 23.8 Å². The number of hydrazine groups is 1. The van der Waals surface area contributed by atoms with Gasteiger partial charge in [0.05, 0.1) is 0 Å². The van der Waals surface area contributed by atoms with Gasteiger partial charge >= 0.3 is 0 Å². The predicted molar refractivity (Wildman–Crippen MR) is 87.3 cm³/mol. The summed E-state index contributed by atoms with van der Waals surface area (Å²) in [4.78, 5) is 6.15. The van der Waals surface area contributed by atoms with Crippen molar-refractivity contribution in [1.29, 1.82) is 0 Å². The van der Waals surface area contributed by atoms with Gasteiger partial charge in [-0.3, -0.25) is 0 Å². The average molecular weight is 380 g/mol. The number of rotatable bonds is 9. The molecule has 1 aromatic heterocycles. The molecule has 0 spiro atoms. The number of hydrogen-bond donors (Lipinski definition) is 3. The monoisotopic (exact) mass is 379 g/mol. The Balaban J connectivity index is 2.76. The van der Waals surface area contributed by atoms with Crippen LogP contribution in [0.5, 0.6) is 0 Å². The number of nitrogens with two attached hydrogens (primary N) is 1. The Hall–Kier alpha value is -0.740. The first-order chi connectivity index (χ1) is 9.94. The molecule has 0 amide bonds. The lowest BCUT2D eigenvalue weighted by Gasteiger charge is -2.19. The molecule has 1 heterocycles. The Morgan fingerprint density at radius 2 is 2.10 bits per heavy atom. The summed E-state index contributed by atoms with van der Waals surface area (Å²) in [5.41, 5.74) is 2.30. The van der Waals surface area contributed by atoms with Gasteiger partial charge in [0.15, 0.2) is 5.82 Å². The molecule has 21 heavy (non-hydrogen) atoms. The maximum absolute atomic E-state index is 12.3. The minimum absolute atomic E-state index is 0.0258. The van der Waals surface area contributed by atoms with Crippen molar-refractivity contribution in [1.82, 2.24) is 14.6 Å². The van der Waals surface area contributed by atoms with E-state index in [4.69, 9.17) is 5.84 Å². The largest absolute Gasteiger partial charge is 0.307 e. The Morgan fingerprint density at radius 1 is 1.38 bits per heavy atom. The van der Waals surface area contributed by atoms with E-state index in [9.17, 15) is 8.42 Å². The summed E-state index contributed by atoms with van der Waals surface area (Å²) < 4.78 is 27.8. The standard InChI is InChI=1S/C12H22BrN5O2S/c1-3-6-18(4-2)7-5-16-21(19,20)11-8-10(13)9-15-12(11)17-14/h8-9,16H,3-7,14H2,1-2H3,(H,15,17). The molecule has 0 aliphatic rings. The molecule has 9 heteroatoms. The zero-order chi connectivity index (χ0) is 15.9. The third-order valence-corrected chi connectivity index (χ3v) is 4.86. The van der Waals surface area contributed by atoms with Gasteiger partial charge in [0.2, 0.25) is 10.0 Å². The van der Waals surface area contributed by atoms with Gasteiger partial charge in [-0.2, -0.15) is 0 Å². The minimum atomic E-state index is -3.66. The van der Waals surface area contributed by atoms with Crippen LogP contribution in [0.25, 0.3) is 0 Å². The molecule has 0 unspecified atom stereocenters. The van der Waals surface area contributed by atoms with Crippen LogP contribution in [0.1, 0.15) is 20.3 Å². The quantitative estimate of drug-likeness (QED) is 0.439. The van der Waals surface area contributed by atoms with Crippen molar-refractivity contribution in [3.8, 4) is 0 Å². The van der Waals surface area contributed by atoms with E-state index in [0.29, 0.717) is 17.6 Å². The fourth-order valence-electron chi connectivity index (χ4n) is 1.89. The van der Waals surface area contributed by atoms with Crippen molar-refractivity contribution in [3.05, 3.63) is 16.7 Å². The molecular weight excluding hydrogens is 358 g/mol. The molecule has 1 aromatic rings. The number of sulfonamides is 1. The number of pyridine rings is 1. The van der Waals surface area contributed by atoms with Crippen LogP contribution in [-0.4, -0.2) is 44.5 Å². The van der Waals surface area contributed by atoms with Crippen molar-refractivity contribution >= 4 is 31.8 Å². The number of nitrogen functional groups attached to an aromatic ring is 1. The average Bonchev–Trinajstić information content (AvgIpc) is 2.46. The van der Waals surface area contributed by atoms with E-state index in [1.54, 1.807) is 0 Å². The lowest BCUT2D eigenvalue weighted by Crippen LogP contribution is -2.35. The number of halogens is 1. The molecule has 0 bridgehead atoms. The van der Waals surface area contributed by atoms with E-state index in [1.165, 1.54) is 12.3 Å². The number of hydrogen-bond acceptors (Lipinski definition) is 6. The number of nitrogens with zero attached hydrogens (tertiary/aromatic N) is 2. The van der Waals surface area contributed by atoms with E-state index in [-0.39, 0.29) is 10.7 Å². The highest BCUT2D eigenvalue weighted by Gasteiger charge is 2.19. The highest BCUT2D eigenvalue weighted by atomic mass is 79.9. The Morgan fingerprint density at radius 3 is 2.67 bits per heavy atom. The van der Waals surface area contributed by atoms with Gasteiger partial charge in [0.25, 0.3) is 0 Å². The molecule has 0 saturated heterocycles. The van der Waals surface area contributed by atoms with Crippen molar-refractivity contribution in [2.45, 2.75) is 25.2 Å². The maximum Gasteiger partial charge on any atom is 0.244 e. The van der Waals surface area contributed by atoms with Crippen LogP contribution in [0.2, 0.25) is 0 Å². The normalized spacial score (nSPS) is 11.9. The van der Waals surface area contributed by atoms with E-state index >= 15 is 0 Å². The van der Waals surface area contributed by atoms with Crippen LogP contribution in [0.3, 0.4) is 0 Å². The molecule has 4 N–H and O–H groups in total. The predicted octanol–water partition coefficient (Wildman–Crippen LogP) is 1.14. The van der Waals surface area contributed by atoms with Crippen LogP contribution < -0.4 is 16.0 Å². The fourth-order valence-corrected chi connectivity index (χ4v) is 3.54. The van der Waals surface area contributed by atoms with Crippen LogP contribution in [0.15, 0.2) is 21.6 Å². The smallest absolute Gasteiger partial charge is 0.244 e. The van der Waals surface area contributed by atoms with Crippen molar-refractivity contribution in [2.24, 2.45) is 5.84 Å². The van der Waals surface area contributed by atoms with Crippen LogP contribution in [-0.2, 0) is 10.0 Å². The first-order valence-electron chi connectivity index (χ1n) is 6.78. The molecule has 0 aromatic carbocycles. The summed E-state index contributed by atoms with van der Waals surface area (Å²) in [5.74, 6) is 5.42. The second kappa shape index (κ2) is 8.64. The van der Waals surface area contributed by atoms with Crippen molar-refractivity contribution in [3.63, 3.8) is 0 Å². The molecule has 7 nitrogen and oxygen atoms in total. The third-order valence-electron chi connectivity index (χ3n) is 2.95.